The predicted molar refractivity (Wildman–Crippen MR) is 76.9 cm³/mol. The lowest BCUT2D eigenvalue weighted by Crippen LogP contribution is -2.02. The van der Waals surface area contributed by atoms with Crippen LogP contribution in [0.3, 0.4) is 0 Å². The van der Waals surface area contributed by atoms with Gasteiger partial charge in [0, 0.05) is 23.3 Å². The highest BCUT2D eigenvalue weighted by atomic mass is 32.1. The van der Waals surface area contributed by atoms with Gasteiger partial charge in [0.1, 0.15) is 10.8 Å². The number of hydrogen-bond donors (Lipinski definition) is 1. The Labute approximate surface area is 115 Å². The van der Waals surface area contributed by atoms with Crippen molar-refractivity contribution in [2.75, 3.05) is 5.32 Å². The summed E-state index contributed by atoms with van der Waals surface area (Å²) in [6.45, 7) is 0.683. The highest BCUT2D eigenvalue weighted by Crippen LogP contribution is 2.16. The summed E-state index contributed by atoms with van der Waals surface area (Å²) in [6.07, 6.45) is 3.57. The van der Waals surface area contributed by atoms with Crippen molar-refractivity contribution in [2.24, 2.45) is 0 Å². The van der Waals surface area contributed by atoms with Gasteiger partial charge < -0.3 is 5.32 Å². The highest BCUT2D eigenvalue weighted by Gasteiger charge is 2.02. The largest absolute Gasteiger partial charge is 0.363 e. The summed E-state index contributed by atoms with van der Waals surface area (Å²) in [6, 6.07) is 11.8. The van der Waals surface area contributed by atoms with Gasteiger partial charge in [-0.2, -0.15) is 0 Å². The first-order valence-corrected chi connectivity index (χ1v) is 6.80. The number of nitrogens with one attached hydrogen (secondary N) is 1. The van der Waals surface area contributed by atoms with E-state index in [9.17, 15) is 0 Å². The first-order valence-electron chi connectivity index (χ1n) is 5.92. The first kappa shape index (κ1) is 11.8. The Bertz CT molecular complexity index is 638. The Kier molecular flexibility index (Phi) is 3.47. The van der Waals surface area contributed by atoms with Crippen LogP contribution in [0.1, 0.15) is 5.01 Å². The van der Waals surface area contributed by atoms with Crippen molar-refractivity contribution in [1.29, 1.82) is 0 Å². The average Bonchev–Trinajstić information content (AvgIpc) is 3.00. The standard InChI is InChI=1S/C14H12N4S/c1-2-4-11(5-3-1)14-16-7-6-12(18-14)17-10-13-15-8-9-19-13/h1-9H,10H2,(H,16,17,18). The summed E-state index contributed by atoms with van der Waals surface area (Å²) in [7, 11) is 0. The Morgan fingerprint density at radius 2 is 1.89 bits per heavy atom. The molecule has 0 aliphatic carbocycles. The molecular formula is C14H12N4S. The van der Waals surface area contributed by atoms with E-state index in [4.69, 9.17) is 0 Å². The van der Waals surface area contributed by atoms with Crippen LogP contribution in [0, 0.1) is 0 Å². The van der Waals surface area contributed by atoms with Gasteiger partial charge in [-0.25, -0.2) is 15.0 Å². The van der Waals surface area contributed by atoms with Gasteiger partial charge in [-0.3, -0.25) is 0 Å². The maximum atomic E-state index is 4.50. The van der Waals surface area contributed by atoms with E-state index in [1.165, 1.54) is 0 Å². The van der Waals surface area contributed by atoms with Crippen molar-refractivity contribution in [2.45, 2.75) is 6.54 Å². The monoisotopic (exact) mass is 268 g/mol. The zero-order valence-electron chi connectivity index (χ0n) is 10.2. The molecule has 0 radical (unpaired) electrons. The molecular weight excluding hydrogens is 256 g/mol. The van der Waals surface area contributed by atoms with Gasteiger partial charge >= 0.3 is 0 Å². The van der Waals surface area contributed by atoms with Crippen molar-refractivity contribution in [1.82, 2.24) is 15.0 Å². The number of anilines is 1. The second-order valence-electron chi connectivity index (χ2n) is 3.91. The maximum absolute atomic E-state index is 4.50. The number of nitrogens with zero attached hydrogens (tertiary/aromatic N) is 3. The summed E-state index contributed by atoms with van der Waals surface area (Å²) in [5.41, 5.74) is 1.01. The minimum atomic E-state index is 0.683. The van der Waals surface area contributed by atoms with Gasteiger partial charge in [-0.1, -0.05) is 30.3 Å². The number of benzene rings is 1. The minimum absolute atomic E-state index is 0.683. The van der Waals surface area contributed by atoms with E-state index in [-0.39, 0.29) is 0 Å². The van der Waals surface area contributed by atoms with E-state index in [1.807, 2.05) is 41.8 Å². The van der Waals surface area contributed by atoms with Gasteiger partial charge in [0.2, 0.25) is 0 Å². The van der Waals surface area contributed by atoms with E-state index in [2.05, 4.69) is 20.3 Å². The third kappa shape index (κ3) is 2.95. The second-order valence-corrected chi connectivity index (χ2v) is 4.89. The van der Waals surface area contributed by atoms with Crippen LogP contribution in [0.4, 0.5) is 5.82 Å². The number of thiazole rings is 1. The first-order chi connectivity index (χ1) is 9.42. The van der Waals surface area contributed by atoms with Crippen molar-refractivity contribution in [3.8, 4) is 11.4 Å². The Balaban J connectivity index is 1.77. The Hall–Kier alpha value is -2.27. The number of aromatic nitrogens is 3. The molecule has 0 atom stereocenters. The lowest BCUT2D eigenvalue weighted by molar-refractivity contribution is 1.06. The number of hydrogen-bond acceptors (Lipinski definition) is 5. The molecule has 4 nitrogen and oxygen atoms in total. The average molecular weight is 268 g/mol. The molecule has 0 saturated heterocycles. The van der Waals surface area contributed by atoms with Gasteiger partial charge in [0.15, 0.2) is 5.82 Å². The molecule has 2 heterocycles. The lowest BCUT2D eigenvalue weighted by atomic mass is 10.2. The molecule has 0 bridgehead atoms. The van der Waals surface area contributed by atoms with Crippen molar-refractivity contribution in [3.05, 3.63) is 59.2 Å². The van der Waals surface area contributed by atoms with E-state index < -0.39 is 0 Å². The zero-order valence-corrected chi connectivity index (χ0v) is 11.0. The van der Waals surface area contributed by atoms with E-state index in [1.54, 1.807) is 23.7 Å². The fraction of sp³-hybridized carbons (Fsp3) is 0.0714. The molecule has 94 valence electrons. The van der Waals surface area contributed by atoms with Crippen LogP contribution in [-0.2, 0) is 6.54 Å². The van der Waals surface area contributed by atoms with Crippen LogP contribution in [0.2, 0.25) is 0 Å². The van der Waals surface area contributed by atoms with Crippen molar-refractivity contribution in [3.63, 3.8) is 0 Å². The van der Waals surface area contributed by atoms with Gasteiger partial charge in [-0.05, 0) is 6.07 Å². The fourth-order valence-electron chi connectivity index (χ4n) is 1.69. The van der Waals surface area contributed by atoms with Crippen molar-refractivity contribution < 1.29 is 0 Å². The molecule has 2 aromatic heterocycles. The molecule has 19 heavy (non-hydrogen) atoms. The van der Waals surface area contributed by atoms with Crippen LogP contribution in [0.25, 0.3) is 11.4 Å². The molecule has 5 heteroatoms. The van der Waals surface area contributed by atoms with E-state index in [0.29, 0.717) is 6.54 Å². The lowest BCUT2D eigenvalue weighted by Gasteiger charge is -2.05. The molecule has 0 saturated carbocycles. The van der Waals surface area contributed by atoms with Crippen LogP contribution < -0.4 is 5.32 Å². The smallest absolute Gasteiger partial charge is 0.161 e. The topological polar surface area (TPSA) is 50.7 Å². The quantitative estimate of drug-likeness (QED) is 0.789. The van der Waals surface area contributed by atoms with Gasteiger partial charge in [0.25, 0.3) is 0 Å². The molecule has 0 unspecified atom stereocenters. The highest BCUT2D eigenvalue weighted by molar-refractivity contribution is 7.09. The van der Waals surface area contributed by atoms with Crippen LogP contribution in [0.15, 0.2) is 54.2 Å². The molecule has 1 aromatic carbocycles. The van der Waals surface area contributed by atoms with E-state index in [0.717, 1.165) is 22.2 Å². The molecule has 0 amide bonds. The molecule has 3 aromatic rings. The Morgan fingerprint density at radius 3 is 2.68 bits per heavy atom. The second kappa shape index (κ2) is 5.58. The molecule has 0 spiro atoms. The van der Waals surface area contributed by atoms with Gasteiger partial charge in [-0.15, -0.1) is 11.3 Å². The summed E-state index contributed by atoms with van der Waals surface area (Å²) >= 11 is 1.63. The fourth-order valence-corrected chi connectivity index (χ4v) is 2.25. The van der Waals surface area contributed by atoms with Crippen LogP contribution in [-0.4, -0.2) is 15.0 Å². The maximum Gasteiger partial charge on any atom is 0.161 e. The minimum Gasteiger partial charge on any atom is -0.363 e. The van der Waals surface area contributed by atoms with Crippen LogP contribution >= 0.6 is 11.3 Å². The molecule has 1 N–H and O–H groups in total. The predicted octanol–water partition coefficient (Wildman–Crippen LogP) is 3.21. The Morgan fingerprint density at radius 1 is 1.00 bits per heavy atom. The molecule has 0 aliphatic heterocycles. The molecule has 3 rings (SSSR count). The normalized spacial score (nSPS) is 10.3. The van der Waals surface area contributed by atoms with Crippen LogP contribution in [0.5, 0.6) is 0 Å². The summed E-state index contributed by atoms with van der Waals surface area (Å²) in [5.74, 6) is 1.54. The summed E-state index contributed by atoms with van der Waals surface area (Å²) in [5, 5.41) is 6.26. The summed E-state index contributed by atoms with van der Waals surface area (Å²) < 4.78 is 0. The molecule has 0 fully saturated rings. The van der Waals surface area contributed by atoms with E-state index >= 15 is 0 Å². The van der Waals surface area contributed by atoms with Crippen molar-refractivity contribution >= 4 is 17.2 Å². The molecule has 0 aliphatic rings. The third-order valence-corrected chi connectivity index (χ3v) is 3.37. The summed E-state index contributed by atoms with van der Waals surface area (Å²) in [4.78, 5) is 13.0. The van der Waals surface area contributed by atoms with Gasteiger partial charge in [0.05, 0.1) is 6.54 Å². The zero-order chi connectivity index (χ0) is 12.9. The SMILES string of the molecule is c1ccc(-c2nccc(NCc3nccs3)n2)cc1. The third-order valence-electron chi connectivity index (χ3n) is 2.59. The number of rotatable bonds is 4.